The van der Waals surface area contributed by atoms with Gasteiger partial charge in [-0.3, -0.25) is 0 Å². The van der Waals surface area contributed by atoms with Crippen molar-refractivity contribution in [1.82, 2.24) is 0 Å². The number of hydrogen-bond acceptors (Lipinski definition) is 0. The summed E-state index contributed by atoms with van der Waals surface area (Å²) < 4.78 is 0. The van der Waals surface area contributed by atoms with Gasteiger partial charge in [0.05, 0.1) is 0 Å². The summed E-state index contributed by atoms with van der Waals surface area (Å²) in [7, 11) is 0. The quantitative estimate of drug-likeness (QED) is 0.183. The molecule has 0 heterocycles. The number of benzene rings is 4. The summed E-state index contributed by atoms with van der Waals surface area (Å²) in [6.45, 7) is 0. The molecule has 1 heteroatoms. The average Bonchev–Trinajstić information content (AvgIpc) is 3.54. The molecule has 0 saturated heterocycles. The van der Waals surface area contributed by atoms with E-state index in [0.717, 1.165) is 12.8 Å². The van der Waals surface area contributed by atoms with Gasteiger partial charge in [0.15, 0.2) is 0 Å². The van der Waals surface area contributed by atoms with Gasteiger partial charge >= 0.3 is 21.7 Å². The Morgan fingerprint density at radius 1 is 0.394 bits per heavy atom. The number of rotatable bonds is 3. The van der Waals surface area contributed by atoms with Crippen molar-refractivity contribution in [3.63, 3.8) is 0 Å². The Bertz CT molecular complexity index is 1140. The zero-order chi connectivity index (χ0) is 21.8. The number of aryl methyl sites for hydroxylation is 2. The van der Waals surface area contributed by atoms with Crippen molar-refractivity contribution in [3.8, 4) is 0 Å². The smallest absolute Gasteiger partial charge is 0.168 e. The van der Waals surface area contributed by atoms with E-state index in [1.807, 2.05) is 0 Å². The molecular formula is C32H28Ti. The zero-order valence-corrected chi connectivity index (χ0v) is 20.3. The molecule has 0 unspecified atom stereocenters. The van der Waals surface area contributed by atoms with Crippen LogP contribution in [0.5, 0.6) is 0 Å². The third-order valence-electron chi connectivity index (χ3n) is 5.48. The fourth-order valence-corrected chi connectivity index (χ4v) is 3.72. The largest absolute Gasteiger partial charge is 2.00 e. The van der Waals surface area contributed by atoms with Crippen LogP contribution < -0.4 is 0 Å². The van der Waals surface area contributed by atoms with Gasteiger partial charge in [0.1, 0.15) is 0 Å². The summed E-state index contributed by atoms with van der Waals surface area (Å²) in [5.41, 5.74) is 2.83. The Labute approximate surface area is 212 Å². The summed E-state index contributed by atoms with van der Waals surface area (Å²) in [4.78, 5) is 0. The molecule has 0 aliphatic carbocycles. The van der Waals surface area contributed by atoms with Crippen LogP contribution in [-0.4, -0.2) is 0 Å². The van der Waals surface area contributed by atoms with Crippen molar-refractivity contribution in [3.05, 3.63) is 157 Å². The zero-order valence-electron chi connectivity index (χ0n) is 18.8. The maximum Gasteiger partial charge on any atom is 2.00 e. The first-order chi connectivity index (χ1) is 15.9. The normalized spacial score (nSPS) is 9.82. The summed E-state index contributed by atoms with van der Waals surface area (Å²) >= 11 is 0. The van der Waals surface area contributed by atoms with Crippen LogP contribution in [0.25, 0.3) is 21.5 Å². The first-order valence-electron chi connectivity index (χ1n) is 11.2. The maximum atomic E-state index is 2.18. The minimum atomic E-state index is 0. The molecule has 0 saturated carbocycles. The first-order valence-corrected chi connectivity index (χ1v) is 11.2. The topological polar surface area (TPSA) is 0 Å². The van der Waals surface area contributed by atoms with E-state index in [2.05, 4.69) is 146 Å². The van der Waals surface area contributed by atoms with Gasteiger partial charge in [-0.05, 0) is 24.0 Å². The van der Waals surface area contributed by atoms with Crippen molar-refractivity contribution >= 4 is 21.5 Å². The molecule has 6 aromatic carbocycles. The second-order valence-electron chi connectivity index (χ2n) is 7.78. The van der Waals surface area contributed by atoms with E-state index in [0.29, 0.717) is 0 Å². The minimum Gasteiger partial charge on any atom is -0.168 e. The molecule has 6 aromatic rings. The third-order valence-corrected chi connectivity index (χ3v) is 5.48. The van der Waals surface area contributed by atoms with Crippen LogP contribution in [0.2, 0.25) is 0 Å². The van der Waals surface area contributed by atoms with Crippen LogP contribution in [0.3, 0.4) is 0 Å². The van der Waals surface area contributed by atoms with Crippen molar-refractivity contribution in [2.24, 2.45) is 0 Å². The van der Waals surface area contributed by atoms with Crippen LogP contribution in [-0.2, 0) is 34.6 Å². The van der Waals surface area contributed by atoms with Gasteiger partial charge in [0, 0.05) is 0 Å². The van der Waals surface area contributed by atoms with Crippen LogP contribution in [0.1, 0.15) is 11.1 Å². The molecule has 0 bridgehead atoms. The maximum absolute atomic E-state index is 2.18. The van der Waals surface area contributed by atoms with E-state index < -0.39 is 0 Å². The van der Waals surface area contributed by atoms with E-state index in [9.17, 15) is 0 Å². The van der Waals surface area contributed by atoms with Crippen LogP contribution in [0, 0.1) is 0 Å². The van der Waals surface area contributed by atoms with Crippen molar-refractivity contribution in [2.45, 2.75) is 12.8 Å². The average molecular weight is 460 g/mol. The molecule has 0 N–H and O–H groups in total. The Hall–Kier alpha value is -3.19. The van der Waals surface area contributed by atoms with Gasteiger partial charge in [-0.1, -0.05) is 72.8 Å². The SMILES string of the molecule is [Ti+2].c1ccc(CCc2ccccc2)cc1.c1ccc2[cH-]ccc2c1.c1ccc2[cH-]ccc2c1. The molecule has 0 aliphatic rings. The summed E-state index contributed by atoms with van der Waals surface area (Å²) in [5, 5.41) is 5.32. The molecule has 0 nitrogen and oxygen atoms in total. The minimum absolute atomic E-state index is 0. The van der Waals surface area contributed by atoms with Gasteiger partial charge < -0.3 is 0 Å². The van der Waals surface area contributed by atoms with Crippen LogP contribution in [0.15, 0.2) is 146 Å². The fourth-order valence-electron chi connectivity index (χ4n) is 3.72. The van der Waals surface area contributed by atoms with Gasteiger partial charge in [0.2, 0.25) is 0 Å². The van der Waals surface area contributed by atoms with E-state index in [1.165, 1.54) is 32.7 Å². The standard InChI is InChI=1S/C14H14.2C9H7.Ti/c1-3-7-13(8-4-1)11-12-14-9-5-2-6-10-14;2*1-2-5-9-7-3-6-8(9)4-1;/h1-10H,11-12H2;2*1-7H;/q;2*-1;+2. The third kappa shape index (κ3) is 7.72. The number of fused-ring (bicyclic) bond motifs is 2. The molecule has 0 radical (unpaired) electrons. The summed E-state index contributed by atoms with van der Waals surface area (Å²) in [5.74, 6) is 0. The van der Waals surface area contributed by atoms with E-state index in [-0.39, 0.29) is 21.7 Å². The van der Waals surface area contributed by atoms with Gasteiger partial charge in [0.25, 0.3) is 0 Å². The van der Waals surface area contributed by atoms with Gasteiger partial charge in [-0.25, -0.2) is 0 Å². The molecule has 33 heavy (non-hydrogen) atoms. The molecular weight excluding hydrogens is 432 g/mol. The molecule has 0 aromatic heterocycles. The monoisotopic (exact) mass is 460 g/mol. The molecule has 160 valence electrons. The molecule has 0 fully saturated rings. The van der Waals surface area contributed by atoms with Crippen LogP contribution >= 0.6 is 0 Å². The fraction of sp³-hybridized carbons (Fsp3) is 0.0625. The van der Waals surface area contributed by atoms with E-state index in [4.69, 9.17) is 0 Å². The predicted molar refractivity (Wildman–Crippen MR) is 139 cm³/mol. The Morgan fingerprint density at radius 2 is 0.758 bits per heavy atom. The second kappa shape index (κ2) is 13.4. The molecule has 0 spiro atoms. The first kappa shape index (κ1) is 24.5. The summed E-state index contributed by atoms with van der Waals surface area (Å²) in [6.07, 6.45) is 2.26. The Balaban J connectivity index is 0.000000142. The Kier molecular flexibility index (Phi) is 9.92. The molecule has 6 rings (SSSR count). The van der Waals surface area contributed by atoms with E-state index >= 15 is 0 Å². The van der Waals surface area contributed by atoms with E-state index in [1.54, 1.807) is 0 Å². The van der Waals surface area contributed by atoms with Gasteiger partial charge in [-0.2, -0.15) is 35.0 Å². The second-order valence-corrected chi connectivity index (χ2v) is 7.78. The van der Waals surface area contributed by atoms with Crippen molar-refractivity contribution in [1.29, 1.82) is 0 Å². The van der Waals surface area contributed by atoms with Gasteiger partial charge in [-0.15, -0.1) is 59.3 Å². The predicted octanol–water partition coefficient (Wildman–Crippen LogP) is 8.59. The Morgan fingerprint density at radius 3 is 1.15 bits per heavy atom. The molecule has 0 aliphatic heterocycles. The van der Waals surface area contributed by atoms with Crippen molar-refractivity contribution < 1.29 is 21.7 Å². The van der Waals surface area contributed by atoms with Crippen LogP contribution in [0.4, 0.5) is 0 Å². The molecule has 0 amide bonds. The van der Waals surface area contributed by atoms with Crippen molar-refractivity contribution in [2.75, 3.05) is 0 Å². The number of hydrogen-bond donors (Lipinski definition) is 0. The summed E-state index contributed by atoms with van der Waals surface area (Å²) in [6, 6.07) is 50.6. The molecule has 0 atom stereocenters.